The average molecular weight is 400 g/mol. The van der Waals surface area contributed by atoms with Gasteiger partial charge in [0.25, 0.3) is 0 Å². The van der Waals surface area contributed by atoms with Crippen LogP contribution in [0.5, 0.6) is 0 Å². The molecule has 0 unspecified atom stereocenters. The average Bonchev–Trinajstić information content (AvgIpc) is 3.10. The van der Waals surface area contributed by atoms with Gasteiger partial charge in [0.1, 0.15) is 6.04 Å². The summed E-state index contributed by atoms with van der Waals surface area (Å²) < 4.78 is 27.3. The van der Waals surface area contributed by atoms with Crippen molar-refractivity contribution < 1.29 is 13.2 Å². The minimum absolute atomic E-state index is 0.150. The molecule has 0 aliphatic heterocycles. The topological polar surface area (TPSA) is 88.2 Å². The zero-order valence-corrected chi connectivity index (χ0v) is 16.3. The minimum Gasteiger partial charge on any atom is -0.349 e. The Bertz CT molecular complexity index is 749. The minimum atomic E-state index is -3.62. The van der Waals surface area contributed by atoms with Crippen LogP contribution in [0.15, 0.2) is 41.2 Å². The summed E-state index contributed by atoms with van der Waals surface area (Å²) in [6, 6.07) is 8.11. The first-order valence-electron chi connectivity index (χ1n) is 7.68. The molecule has 0 saturated carbocycles. The summed E-state index contributed by atoms with van der Waals surface area (Å²) in [5, 5.41) is 4.59. The van der Waals surface area contributed by atoms with Crippen LogP contribution in [0, 0.1) is 0 Å². The molecule has 2 rings (SSSR count). The van der Waals surface area contributed by atoms with Crippen LogP contribution < -0.4 is 10.0 Å². The van der Waals surface area contributed by atoms with Gasteiger partial charge in [-0.1, -0.05) is 30.3 Å². The van der Waals surface area contributed by atoms with Crippen LogP contribution in [0.1, 0.15) is 17.7 Å². The number of nitrogens with one attached hydrogen (secondary N) is 2. The lowest BCUT2D eigenvalue weighted by Gasteiger charge is -2.18. The van der Waals surface area contributed by atoms with Gasteiger partial charge in [-0.3, -0.25) is 4.79 Å². The second-order valence-corrected chi connectivity index (χ2v) is 8.85. The molecular weight excluding hydrogens is 378 g/mol. The van der Waals surface area contributed by atoms with Crippen molar-refractivity contribution >= 4 is 39.0 Å². The highest BCUT2D eigenvalue weighted by Crippen LogP contribution is 2.08. The van der Waals surface area contributed by atoms with Crippen LogP contribution in [0.2, 0.25) is 0 Å². The first-order valence-corrected chi connectivity index (χ1v) is 11.7. The van der Waals surface area contributed by atoms with Crippen LogP contribution in [-0.2, 0) is 27.1 Å². The molecule has 2 aromatic rings. The van der Waals surface area contributed by atoms with Crippen molar-refractivity contribution in [3.05, 3.63) is 52.5 Å². The zero-order chi connectivity index (χ0) is 18.1. The molecule has 0 radical (unpaired) electrons. The molecule has 0 saturated heterocycles. The predicted molar refractivity (Wildman–Crippen MR) is 103 cm³/mol. The van der Waals surface area contributed by atoms with E-state index in [9.17, 15) is 13.2 Å². The van der Waals surface area contributed by atoms with Crippen molar-refractivity contribution in [2.24, 2.45) is 0 Å². The van der Waals surface area contributed by atoms with Gasteiger partial charge in [-0.2, -0.15) is 11.8 Å². The Morgan fingerprint density at radius 2 is 2.08 bits per heavy atom. The Kier molecular flexibility index (Phi) is 7.89. The second kappa shape index (κ2) is 9.91. The number of thiazole rings is 1. The van der Waals surface area contributed by atoms with E-state index in [0.29, 0.717) is 24.3 Å². The molecule has 2 N–H and O–H groups in total. The van der Waals surface area contributed by atoms with Crippen molar-refractivity contribution in [3.63, 3.8) is 0 Å². The standard InChI is InChI=1S/C16H21N3O3S3/c1-23-8-7-15(16(20)17-9-14-10-24-12-18-14)19-25(21,22)11-13-5-3-2-4-6-13/h2-6,10,12,15,19H,7-9,11H2,1H3,(H,17,20)/t15-/m0/s1. The predicted octanol–water partition coefficient (Wildman–Crippen LogP) is 2.00. The Hall–Kier alpha value is -1.42. The maximum Gasteiger partial charge on any atom is 0.238 e. The number of rotatable bonds is 10. The van der Waals surface area contributed by atoms with E-state index >= 15 is 0 Å². The molecule has 9 heteroatoms. The summed E-state index contributed by atoms with van der Waals surface area (Å²) in [4.78, 5) is 16.5. The lowest BCUT2D eigenvalue weighted by molar-refractivity contribution is -0.122. The van der Waals surface area contributed by atoms with E-state index in [1.165, 1.54) is 11.3 Å². The molecule has 0 aliphatic rings. The quantitative estimate of drug-likeness (QED) is 0.638. The van der Waals surface area contributed by atoms with Crippen molar-refractivity contribution in [1.82, 2.24) is 15.0 Å². The zero-order valence-electron chi connectivity index (χ0n) is 13.8. The van der Waals surface area contributed by atoms with Gasteiger partial charge in [0.05, 0.1) is 23.5 Å². The molecule has 1 heterocycles. The van der Waals surface area contributed by atoms with E-state index in [1.807, 2.05) is 17.7 Å². The summed E-state index contributed by atoms with van der Waals surface area (Å²) in [6.07, 6.45) is 2.35. The van der Waals surface area contributed by atoms with Gasteiger partial charge in [-0.05, 0) is 24.0 Å². The summed E-state index contributed by atoms with van der Waals surface area (Å²) in [5.41, 5.74) is 3.13. The van der Waals surface area contributed by atoms with Gasteiger partial charge >= 0.3 is 0 Å². The molecule has 0 fully saturated rings. The van der Waals surface area contributed by atoms with E-state index in [2.05, 4.69) is 15.0 Å². The number of thioether (sulfide) groups is 1. The highest BCUT2D eigenvalue weighted by molar-refractivity contribution is 7.98. The monoisotopic (exact) mass is 399 g/mol. The Labute approximate surface area is 156 Å². The van der Waals surface area contributed by atoms with Gasteiger partial charge in [-0.15, -0.1) is 11.3 Å². The molecule has 25 heavy (non-hydrogen) atoms. The molecule has 1 amide bonds. The third-order valence-corrected chi connectivity index (χ3v) is 6.01. The summed E-state index contributed by atoms with van der Waals surface area (Å²) in [7, 11) is -3.62. The number of benzene rings is 1. The fourth-order valence-electron chi connectivity index (χ4n) is 2.16. The van der Waals surface area contributed by atoms with Crippen molar-refractivity contribution in [2.45, 2.75) is 24.8 Å². The number of hydrogen-bond donors (Lipinski definition) is 2. The Balaban J connectivity index is 1.98. The lowest BCUT2D eigenvalue weighted by atomic mass is 10.2. The lowest BCUT2D eigenvalue weighted by Crippen LogP contribution is -2.47. The molecule has 6 nitrogen and oxygen atoms in total. The van der Waals surface area contributed by atoms with E-state index in [-0.39, 0.29) is 11.7 Å². The number of aromatic nitrogens is 1. The molecule has 0 spiro atoms. The summed E-state index contributed by atoms with van der Waals surface area (Å²) in [5.74, 6) is 0.199. The Morgan fingerprint density at radius 1 is 1.32 bits per heavy atom. The number of carbonyl (C=O) groups excluding carboxylic acids is 1. The summed E-state index contributed by atoms with van der Waals surface area (Å²) in [6.45, 7) is 0.290. The second-order valence-electron chi connectivity index (χ2n) is 5.39. The highest BCUT2D eigenvalue weighted by Gasteiger charge is 2.24. The molecule has 0 aliphatic carbocycles. The van der Waals surface area contributed by atoms with Gasteiger partial charge in [0.2, 0.25) is 15.9 Å². The first kappa shape index (κ1) is 19.9. The molecule has 1 aromatic heterocycles. The van der Waals surface area contributed by atoms with Gasteiger partial charge in [-0.25, -0.2) is 18.1 Å². The van der Waals surface area contributed by atoms with Gasteiger partial charge < -0.3 is 5.32 Å². The normalized spacial score (nSPS) is 12.7. The molecular formula is C16H21N3O3S3. The third kappa shape index (κ3) is 7.15. The largest absolute Gasteiger partial charge is 0.349 e. The SMILES string of the molecule is CSCC[C@H](NS(=O)(=O)Cc1ccccc1)C(=O)NCc1cscn1. The third-order valence-electron chi connectivity index (χ3n) is 3.38. The van der Waals surface area contributed by atoms with Crippen molar-refractivity contribution in [2.75, 3.05) is 12.0 Å². The molecule has 0 bridgehead atoms. The van der Waals surface area contributed by atoms with Gasteiger partial charge in [0, 0.05) is 5.38 Å². The number of carbonyl (C=O) groups is 1. The smallest absolute Gasteiger partial charge is 0.238 e. The van der Waals surface area contributed by atoms with Crippen LogP contribution >= 0.6 is 23.1 Å². The van der Waals surface area contributed by atoms with E-state index in [1.54, 1.807) is 41.5 Å². The number of nitrogens with zero attached hydrogens (tertiary/aromatic N) is 1. The fourth-order valence-corrected chi connectivity index (χ4v) is 4.56. The van der Waals surface area contributed by atoms with Crippen LogP contribution in [-0.4, -0.2) is 37.4 Å². The van der Waals surface area contributed by atoms with Crippen LogP contribution in [0.4, 0.5) is 0 Å². The van der Waals surface area contributed by atoms with Crippen LogP contribution in [0.3, 0.4) is 0 Å². The number of sulfonamides is 1. The van der Waals surface area contributed by atoms with Crippen molar-refractivity contribution in [3.8, 4) is 0 Å². The maximum atomic E-state index is 12.4. The van der Waals surface area contributed by atoms with E-state index in [4.69, 9.17) is 0 Å². The van der Waals surface area contributed by atoms with E-state index < -0.39 is 16.1 Å². The summed E-state index contributed by atoms with van der Waals surface area (Å²) >= 11 is 3.02. The molecule has 1 atom stereocenters. The van der Waals surface area contributed by atoms with Gasteiger partial charge in [0.15, 0.2) is 0 Å². The first-order chi connectivity index (χ1) is 12.0. The fraction of sp³-hybridized carbons (Fsp3) is 0.375. The number of amides is 1. The highest BCUT2D eigenvalue weighted by atomic mass is 32.2. The Morgan fingerprint density at radius 3 is 2.72 bits per heavy atom. The number of hydrogen-bond acceptors (Lipinski definition) is 6. The van der Waals surface area contributed by atoms with E-state index in [0.717, 1.165) is 5.69 Å². The van der Waals surface area contributed by atoms with Crippen molar-refractivity contribution in [1.29, 1.82) is 0 Å². The maximum absolute atomic E-state index is 12.4. The van der Waals surface area contributed by atoms with Crippen LogP contribution in [0.25, 0.3) is 0 Å². The molecule has 136 valence electrons. The molecule has 1 aromatic carbocycles.